The third-order valence-electron chi connectivity index (χ3n) is 9.43. The summed E-state index contributed by atoms with van der Waals surface area (Å²) in [5.41, 5.74) is 2.39. The smallest absolute Gasteiger partial charge is 0.264 e. The molecule has 2 fully saturated rings. The Morgan fingerprint density at radius 2 is 1.93 bits per heavy atom. The van der Waals surface area contributed by atoms with Crippen LogP contribution in [0, 0.1) is 11.8 Å². The van der Waals surface area contributed by atoms with E-state index in [1.54, 1.807) is 18.2 Å². The SMILES string of the molecule is O=C1NS(=O)(=O)CCC[C@@]2(O)CCO[C@H](C2)[C@@H]2CC[C@H]2CN2CCCCc3cc(Cl)ccc3COc3ccc1cc32. The van der Waals surface area contributed by atoms with Crippen molar-refractivity contribution in [3.05, 3.63) is 58.1 Å². The Morgan fingerprint density at radius 1 is 1.05 bits per heavy atom. The molecule has 0 spiro atoms. The Morgan fingerprint density at radius 3 is 2.76 bits per heavy atom. The number of aryl methyl sites for hydroxylation is 1. The first-order valence-corrected chi connectivity index (χ1v) is 16.9. The monoisotopic (exact) mass is 602 g/mol. The van der Waals surface area contributed by atoms with Crippen LogP contribution in [0.1, 0.15) is 72.9 Å². The van der Waals surface area contributed by atoms with Crippen molar-refractivity contribution in [2.45, 2.75) is 76.1 Å². The summed E-state index contributed by atoms with van der Waals surface area (Å²) in [6.45, 7) is 2.39. The zero-order valence-electron chi connectivity index (χ0n) is 23.3. The molecule has 4 atom stereocenters. The molecule has 2 aromatic carbocycles. The zero-order valence-corrected chi connectivity index (χ0v) is 24.9. The first-order valence-electron chi connectivity index (χ1n) is 14.9. The van der Waals surface area contributed by atoms with Crippen molar-refractivity contribution in [1.29, 1.82) is 0 Å². The number of sulfonamides is 1. The fourth-order valence-corrected chi connectivity index (χ4v) is 8.18. The predicted octanol–water partition coefficient (Wildman–Crippen LogP) is 4.85. The summed E-state index contributed by atoms with van der Waals surface area (Å²) in [5.74, 6) is 0.511. The van der Waals surface area contributed by atoms with E-state index in [-0.39, 0.29) is 23.8 Å². The lowest BCUT2D eigenvalue weighted by molar-refractivity contribution is -0.144. The third-order valence-corrected chi connectivity index (χ3v) is 11.0. The Hall–Kier alpha value is -2.33. The highest BCUT2D eigenvalue weighted by atomic mass is 35.5. The van der Waals surface area contributed by atoms with Crippen LogP contribution in [0.2, 0.25) is 5.02 Å². The number of hydrogen-bond donors (Lipinski definition) is 2. The summed E-state index contributed by atoms with van der Waals surface area (Å²) in [6, 6.07) is 11.1. The minimum Gasteiger partial charge on any atom is -0.487 e. The maximum atomic E-state index is 13.2. The van der Waals surface area contributed by atoms with Crippen LogP contribution in [-0.2, 0) is 27.8 Å². The minimum atomic E-state index is -3.87. The number of nitrogens with one attached hydrogen (secondary N) is 1. The van der Waals surface area contributed by atoms with E-state index >= 15 is 0 Å². The first-order chi connectivity index (χ1) is 19.7. The van der Waals surface area contributed by atoms with Crippen molar-refractivity contribution in [2.24, 2.45) is 11.8 Å². The summed E-state index contributed by atoms with van der Waals surface area (Å²) >= 11 is 6.31. The van der Waals surface area contributed by atoms with Gasteiger partial charge in [0.15, 0.2) is 0 Å². The fraction of sp³-hybridized carbons (Fsp3) is 0.581. The number of anilines is 1. The van der Waals surface area contributed by atoms with E-state index in [0.29, 0.717) is 55.1 Å². The zero-order chi connectivity index (χ0) is 28.6. The van der Waals surface area contributed by atoms with E-state index in [1.807, 2.05) is 18.2 Å². The number of hydrogen-bond acceptors (Lipinski definition) is 7. The van der Waals surface area contributed by atoms with Gasteiger partial charge in [-0.1, -0.05) is 17.7 Å². The molecule has 2 N–H and O–H groups in total. The van der Waals surface area contributed by atoms with Crippen LogP contribution in [-0.4, -0.2) is 56.6 Å². The van der Waals surface area contributed by atoms with E-state index in [4.69, 9.17) is 21.1 Å². The molecule has 3 heterocycles. The number of carbonyl (C=O) groups excluding carboxylic acids is 1. The van der Waals surface area contributed by atoms with Gasteiger partial charge in [-0.15, -0.1) is 0 Å². The quantitative estimate of drug-likeness (QED) is 0.444. The molecule has 1 amide bonds. The molecule has 1 aliphatic carbocycles. The second-order valence-electron chi connectivity index (χ2n) is 12.2. The summed E-state index contributed by atoms with van der Waals surface area (Å²) < 4.78 is 40.5. The Balaban J connectivity index is 1.36. The molecular weight excluding hydrogens is 564 g/mol. The lowest BCUT2D eigenvalue weighted by Crippen LogP contribution is -2.50. The molecule has 222 valence electrons. The van der Waals surface area contributed by atoms with Gasteiger partial charge in [-0.25, -0.2) is 13.1 Å². The summed E-state index contributed by atoms with van der Waals surface area (Å²) in [4.78, 5) is 15.5. The van der Waals surface area contributed by atoms with Crippen LogP contribution in [0.4, 0.5) is 5.69 Å². The van der Waals surface area contributed by atoms with Crippen molar-refractivity contribution >= 4 is 33.2 Å². The summed E-state index contributed by atoms with van der Waals surface area (Å²) in [5, 5.41) is 12.1. The number of carbonyl (C=O) groups is 1. The first kappa shape index (κ1) is 28.8. The lowest BCUT2D eigenvalue weighted by atomic mass is 9.67. The van der Waals surface area contributed by atoms with E-state index in [1.165, 1.54) is 5.56 Å². The summed E-state index contributed by atoms with van der Waals surface area (Å²) in [6.07, 6.45) is 6.57. The van der Waals surface area contributed by atoms with Crippen molar-refractivity contribution in [3.63, 3.8) is 0 Å². The Bertz CT molecular complexity index is 1400. The van der Waals surface area contributed by atoms with Crippen molar-refractivity contribution in [3.8, 4) is 5.75 Å². The van der Waals surface area contributed by atoms with Crippen LogP contribution in [0.25, 0.3) is 0 Å². The van der Waals surface area contributed by atoms with Gasteiger partial charge in [-0.3, -0.25) is 4.79 Å². The van der Waals surface area contributed by atoms with Crippen LogP contribution < -0.4 is 14.4 Å². The average Bonchev–Trinajstić information content (AvgIpc) is 2.93. The number of nitrogens with zero attached hydrogens (tertiary/aromatic N) is 1. The largest absolute Gasteiger partial charge is 0.487 e. The van der Waals surface area contributed by atoms with Gasteiger partial charge in [0.1, 0.15) is 12.4 Å². The van der Waals surface area contributed by atoms with Gasteiger partial charge in [0.25, 0.3) is 5.91 Å². The number of fused-ring (bicyclic) bond motifs is 6. The van der Waals surface area contributed by atoms with Crippen LogP contribution >= 0.6 is 11.6 Å². The van der Waals surface area contributed by atoms with Crippen molar-refractivity contribution in [1.82, 2.24) is 4.72 Å². The van der Waals surface area contributed by atoms with Crippen molar-refractivity contribution < 1.29 is 27.8 Å². The molecule has 4 aliphatic rings. The molecule has 4 bridgehead atoms. The molecular formula is C31H39ClN2O6S. The van der Waals surface area contributed by atoms with Gasteiger partial charge in [0, 0.05) is 36.7 Å². The number of halogens is 1. The Kier molecular flexibility index (Phi) is 8.24. The number of amides is 1. The predicted molar refractivity (Wildman–Crippen MR) is 158 cm³/mol. The number of benzene rings is 2. The van der Waals surface area contributed by atoms with Gasteiger partial charge in [-0.2, -0.15) is 0 Å². The molecule has 8 nitrogen and oxygen atoms in total. The molecule has 10 heteroatoms. The molecule has 0 unspecified atom stereocenters. The molecule has 1 saturated heterocycles. The average molecular weight is 603 g/mol. The van der Waals surface area contributed by atoms with E-state index in [0.717, 1.165) is 56.4 Å². The van der Waals surface area contributed by atoms with Gasteiger partial charge in [-0.05, 0) is 105 Å². The van der Waals surface area contributed by atoms with E-state index in [2.05, 4.69) is 9.62 Å². The lowest BCUT2D eigenvalue weighted by Gasteiger charge is -2.48. The second-order valence-corrected chi connectivity index (χ2v) is 14.5. The molecule has 0 radical (unpaired) electrons. The molecule has 6 rings (SSSR count). The fourth-order valence-electron chi connectivity index (χ4n) is 6.95. The molecule has 2 aromatic rings. The molecule has 3 aliphatic heterocycles. The molecule has 0 aromatic heterocycles. The van der Waals surface area contributed by atoms with Crippen LogP contribution in [0.15, 0.2) is 36.4 Å². The van der Waals surface area contributed by atoms with Gasteiger partial charge < -0.3 is 19.5 Å². The highest BCUT2D eigenvalue weighted by Crippen LogP contribution is 2.45. The third kappa shape index (κ3) is 6.53. The van der Waals surface area contributed by atoms with E-state index < -0.39 is 21.5 Å². The number of aliphatic hydroxyl groups is 1. The maximum absolute atomic E-state index is 13.2. The topological polar surface area (TPSA) is 105 Å². The number of rotatable bonds is 0. The van der Waals surface area contributed by atoms with Crippen LogP contribution in [0.5, 0.6) is 5.75 Å². The minimum absolute atomic E-state index is 0.0399. The molecule has 41 heavy (non-hydrogen) atoms. The van der Waals surface area contributed by atoms with E-state index in [9.17, 15) is 18.3 Å². The Labute approximate surface area is 247 Å². The van der Waals surface area contributed by atoms with Gasteiger partial charge in [0.2, 0.25) is 10.0 Å². The van der Waals surface area contributed by atoms with Gasteiger partial charge >= 0.3 is 0 Å². The highest BCUT2D eigenvalue weighted by Gasteiger charge is 2.44. The van der Waals surface area contributed by atoms with Crippen molar-refractivity contribution in [2.75, 3.05) is 30.3 Å². The van der Waals surface area contributed by atoms with Crippen LogP contribution in [0.3, 0.4) is 0 Å². The second kappa shape index (κ2) is 11.7. The maximum Gasteiger partial charge on any atom is 0.264 e. The standard InChI is InChI=1S/C31H39ClN2O6S/c32-25-8-5-24-20-40-28-10-7-22-17-27(28)34(13-2-1-4-21(24)16-25)19-23-6-9-26(23)29-18-31(36,12-14-39-29)11-3-15-41(37,38)33-30(22)35/h5,7-8,10,16-17,23,26,29,36H,1-4,6,9,11-15,18-20H2,(H,33,35)/t23-,26+,29+,31+/m0/s1. The van der Waals surface area contributed by atoms with Gasteiger partial charge in [0.05, 0.1) is 23.1 Å². The summed E-state index contributed by atoms with van der Waals surface area (Å²) in [7, 11) is -3.87. The number of ether oxygens (including phenoxy) is 2. The highest BCUT2D eigenvalue weighted by molar-refractivity contribution is 7.90. The normalized spacial score (nSPS) is 30.3. The molecule has 1 saturated carbocycles.